The van der Waals surface area contributed by atoms with Gasteiger partial charge < -0.3 is 5.11 Å². The first-order chi connectivity index (χ1) is 5.92. The summed E-state index contributed by atoms with van der Waals surface area (Å²) in [5.41, 5.74) is 0.972. The van der Waals surface area contributed by atoms with Crippen LogP contribution in [-0.2, 0) is 6.42 Å². The molecule has 0 saturated heterocycles. The number of hydrogen-bond donors (Lipinski definition) is 1. The zero-order chi connectivity index (χ0) is 8.39. The molecule has 0 saturated carbocycles. The Hall–Kier alpha value is -1.00. The minimum Gasteiger partial charge on any atom is -0.396 e. The van der Waals surface area contributed by atoms with E-state index < -0.39 is 0 Å². The highest BCUT2D eigenvalue weighted by atomic mass is 32.1. The van der Waals surface area contributed by atoms with E-state index >= 15 is 0 Å². The van der Waals surface area contributed by atoms with Crippen LogP contribution in [0.15, 0.2) is 18.5 Å². The van der Waals surface area contributed by atoms with Crippen LogP contribution in [-0.4, -0.2) is 21.1 Å². The van der Waals surface area contributed by atoms with Crippen LogP contribution in [0.2, 0.25) is 0 Å². The summed E-state index contributed by atoms with van der Waals surface area (Å²) in [5.74, 6) is 0. The number of aliphatic hydroxyl groups excluding tert-OH is 1. The van der Waals surface area contributed by atoms with E-state index in [1.165, 1.54) is 11.5 Å². The molecule has 3 nitrogen and oxygen atoms in total. The maximum atomic E-state index is 8.75. The van der Waals surface area contributed by atoms with Gasteiger partial charge in [0.2, 0.25) is 0 Å². The van der Waals surface area contributed by atoms with Crippen LogP contribution in [0, 0.1) is 0 Å². The van der Waals surface area contributed by atoms with Gasteiger partial charge in [-0.25, -0.2) is 0 Å². The summed E-state index contributed by atoms with van der Waals surface area (Å²) in [7, 11) is 0. The molecule has 0 bridgehead atoms. The summed E-state index contributed by atoms with van der Waals surface area (Å²) in [6.45, 7) is 0.154. The molecule has 0 aromatic carbocycles. The third-order valence-electron chi connectivity index (χ3n) is 1.70. The smallest absolute Gasteiger partial charge is 0.0736 e. The van der Waals surface area contributed by atoms with E-state index in [-0.39, 0.29) is 6.61 Å². The summed E-state index contributed by atoms with van der Waals surface area (Å²) in [5, 5.41) is 9.86. The SMILES string of the molecule is OCCc1nsc2cnccc12. The first-order valence-corrected chi connectivity index (χ1v) is 4.48. The second-order valence-electron chi connectivity index (χ2n) is 2.47. The van der Waals surface area contributed by atoms with Gasteiger partial charge in [-0.3, -0.25) is 4.98 Å². The van der Waals surface area contributed by atoms with Crippen molar-refractivity contribution in [3.8, 4) is 0 Å². The lowest BCUT2D eigenvalue weighted by atomic mass is 10.2. The summed E-state index contributed by atoms with van der Waals surface area (Å²) in [4.78, 5) is 3.99. The van der Waals surface area contributed by atoms with Gasteiger partial charge in [-0.15, -0.1) is 0 Å². The molecule has 4 heteroatoms. The van der Waals surface area contributed by atoms with Gasteiger partial charge in [-0.1, -0.05) is 0 Å². The summed E-state index contributed by atoms with van der Waals surface area (Å²) in [6.07, 6.45) is 4.18. The van der Waals surface area contributed by atoms with E-state index in [0.29, 0.717) is 6.42 Å². The molecule has 0 spiro atoms. The fourth-order valence-electron chi connectivity index (χ4n) is 1.13. The molecule has 12 heavy (non-hydrogen) atoms. The van der Waals surface area contributed by atoms with Gasteiger partial charge in [0, 0.05) is 30.8 Å². The molecule has 0 aliphatic rings. The molecule has 0 amide bonds. The molecular formula is C8H8N2OS. The maximum Gasteiger partial charge on any atom is 0.0736 e. The van der Waals surface area contributed by atoms with E-state index in [2.05, 4.69) is 9.36 Å². The highest BCUT2D eigenvalue weighted by molar-refractivity contribution is 7.13. The molecule has 0 aliphatic carbocycles. The van der Waals surface area contributed by atoms with Crippen molar-refractivity contribution in [2.75, 3.05) is 6.61 Å². The number of pyridine rings is 1. The first-order valence-electron chi connectivity index (χ1n) is 3.71. The standard InChI is InChI=1S/C8H8N2OS/c11-4-2-7-6-1-3-9-5-8(6)12-10-7/h1,3,5,11H,2,4H2. The monoisotopic (exact) mass is 180 g/mol. The Morgan fingerprint density at radius 1 is 1.50 bits per heavy atom. The molecule has 1 N–H and O–H groups in total. The minimum absolute atomic E-state index is 0.154. The van der Waals surface area contributed by atoms with Crippen LogP contribution in [0.25, 0.3) is 10.1 Å². The van der Waals surface area contributed by atoms with Crippen molar-refractivity contribution in [2.24, 2.45) is 0 Å². The van der Waals surface area contributed by atoms with Crippen LogP contribution in [0.1, 0.15) is 5.69 Å². The molecule has 62 valence electrons. The zero-order valence-electron chi connectivity index (χ0n) is 6.40. The molecule has 0 atom stereocenters. The van der Waals surface area contributed by atoms with Gasteiger partial charge in [0.25, 0.3) is 0 Å². The Morgan fingerprint density at radius 2 is 2.42 bits per heavy atom. The van der Waals surface area contributed by atoms with Crippen molar-refractivity contribution in [1.82, 2.24) is 9.36 Å². The van der Waals surface area contributed by atoms with E-state index in [0.717, 1.165) is 15.8 Å². The van der Waals surface area contributed by atoms with Gasteiger partial charge >= 0.3 is 0 Å². The number of fused-ring (bicyclic) bond motifs is 1. The van der Waals surface area contributed by atoms with Crippen molar-refractivity contribution in [3.05, 3.63) is 24.2 Å². The van der Waals surface area contributed by atoms with E-state index in [1.807, 2.05) is 6.07 Å². The highest BCUT2D eigenvalue weighted by Crippen LogP contribution is 2.20. The molecule has 2 rings (SSSR count). The van der Waals surface area contributed by atoms with Crippen LogP contribution in [0.3, 0.4) is 0 Å². The number of aliphatic hydroxyl groups is 1. The molecule has 2 aromatic heterocycles. The van der Waals surface area contributed by atoms with E-state index in [9.17, 15) is 0 Å². The van der Waals surface area contributed by atoms with Crippen molar-refractivity contribution in [3.63, 3.8) is 0 Å². The lowest BCUT2D eigenvalue weighted by Crippen LogP contribution is -1.90. The van der Waals surface area contributed by atoms with Gasteiger partial charge in [-0.2, -0.15) is 4.37 Å². The summed E-state index contributed by atoms with van der Waals surface area (Å²) < 4.78 is 5.31. The van der Waals surface area contributed by atoms with Gasteiger partial charge in [0.15, 0.2) is 0 Å². The van der Waals surface area contributed by atoms with E-state index in [1.54, 1.807) is 12.4 Å². The Morgan fingerprint density at radius 3 is 3.25 bits per heavy atom. The van der Waals surface area contributed by atoms with Crippen molar-refractivity contribution in [2.45, 2.75) is 6.42 Å². The average Bonchev–Trinajstić information content (AvgIpc) is 2.50. The summed E-state index contributed by atoms with van der Waals surface area (Å²) >= 11 is 1.43. The number of aromatic nitrogens is 2. The average molecular weight is 180 g/mol. The fraction of sp³-hybridized carbons (Fsp3) is 0.250. The van der Waals surface area contributed by atoms with Crippen molar-refractivity contribution >= 4 is 21.6 Å². The number of rotatable bonds is 2. The first kappa shape index (κ1) is 7.64. The predicted octanol–water partition coefficient (Wildman–Crippen LogP) is 1.23. The third kappa shape index (κ3) is 1.19. The van der Waals surface area contributed by atoms with Crippen LogP contribution < -0.4 is 0 Å². The number of nitrogens with zero attached hydrogens (tertiary/aromatic N) is 2. The molecule has 0 aliphatic heterocycles. The van der Waals surface area contributed by atoms with Crippen molar-refractivity contribution in [1.29, 1.82) is 0 Å². The normalized spacial score (nSPS) is 10.8. The molecular weight excluding hydrogens is 172 g/mol. The second-order valence-corrected chi connectivity index (χ2v) is 3.28. The van der Waals surface area contributed by atoms with Crippen LogP contribution in [0.5, 0.6) is 0 Å². The largest absolute Gasteiger partial charge is 0.396 e. The Kier molecular flexibility index (Phi) is 2.01. The lowest BCUT2D eigenvalue weighted by molar-refractivity contribution is 0.299. The van der Waals surface area contributed by atoms with E-state index in [4.69, 9.17) is 5.11 Å². The third-order valence-corrected chi connectivity index (χ3v) is 2.53. The molecule has 0 unspecified atom stereocenters. The van der Waals surface area contributed by atoms with Crippen LogP contribution >= 0.6 is 11.5 Å². The van der Waals surface area contributed by atoms with Crippen molar-refractivity contribution < 1.29 is 5.11 Å². The Balaban J connectivity index is 2.55. The lowest BCUT2D eigenvalue weighted by Gasteiger charge is -1.91. The molecule has 2 heterocycles. The maximum absolute atomic E-state index is 8.75. The number of hydrogen-bond acceptors (Lipinski definition) is 4. The van der Waals surface area contributed by atoms with Crippen LogP contribution in [0.4, 0.5) is 0 Å². The Bertz CT molecular complexity index is 385. The Labute approximate surface area is 73.9 Å². The fourth-order valence-corrected chi connectivity index (χ4v) is 1.92. The highest BCUT2D eigenvalue weighted by Gasteiger charge is 2.03. The quantitative estimate of drug-likeness (QED) is 0.756. The van der Waals surface area contributed by atoms with Gasteiger partial charge in [-0.05, 0) is 17.6 Å². The topological polar surface area (TPSA) is 46.0 Å². The minimum atomic E-state index is 0.154. The molecule has 0 radical (unpaired) electrons. The predicted molar refractivity (Wildman–Crippen MR) is 48.2 cm³/mol. The summed E-state index contributed by atoms with van der Waals surface area (Å²) in [6, 6.07) is 1.93. The molecule has 0 fully saturated rings. The second kappa shape index (κ2) is 3.16. The van der Waals surface area contributed by atoms with Gasteiger partial charge in [0.1, 0.15) is 0 Å². The van der Waals surface area contributed by atoms with Gasteiger partial charge in [0.05, 0.1) is 10.4 Å². The zero-order valence-corrected chi connectivity index (χ0v) is 7.21. The molecule has 2 aromatic rings.